The lowest BCUT2D eigenvalue weighted by molar-refractivity contribution is 0.362. The van der Waals surface area contributed by atoms with Crippen LogP contribution in [0.25, 0.3) is 0 Å². The first-order valence-electron chi connectivity index (χ1n) is 4.05. The van der Waals surface area contributed by atoms with Gasteiger partial charge < -0.3 is 4.90 Å². The highest BCUT2D eigenvalue weighted by Crippen LogP contribution is 2.22. The third kappa shape index (κ3) is 3.18. The molecule has 0 aliphatic rings. The van der Waals surface area contributed by atoms with Crippen LogP contribution in [0.2, 0.25) is 10.0 Å². The fraction of sp³-hybridized carbons (Fsp3) is 0.300. The van der Waals surface area contributed by atoms with Crippen LogP contribution in [-0.2, 0) is 6.54 Å². The van der Waals surface area contributed by atoms with Gasteiger partial charge in [0, 0.05) is 6.54 Å². The summed E-state index contributed by atoms with van der Waals surface area (Å²) in [6.45, 7) is 5.41. The number of nitrogens with zero attached hydrogens (tertiary/aromatic N) is 1. The molecule has 0 atom stereocenters. The first kappa shape index (κ1) is 10.8. The Morgan fingerprint density at radius 3 is 2.54 bits per heavy atom. The predicted octanol–water partition coefficient (Wildman–Crippen LogP) is 3.26. The number of hydrogen-bond donors (Lipinski definition) is 0. The van der Waals surface area contributed by atoms with Gasteiger partial charge >= 0.3 is 0 Å². The molecule has 0 saturated carbocycles. The lowest BCUT2D eigenvalue weighted by Gasteiger charge is -2.13. The van der Waals surface area contributed by atoms with Gasteiger partial charge in [0.15, 0.2) is 0 Å². The van der Waals surface area contributed by atoms with E-state index in [0.717, 1.165) is 18.7 Å². The highest BCUT2D eigenvalue weighted by Gasteiger charge is 2.01. The van der Waals surface area contributed by atoms with Crippen LogP contribution < -0.4 is 0 Å². The SMILES string of the molecule is [CH2]CN(C)Cc1ccc(Cl)c(Cl)c1. The van der Waals surface area contributed by atoms with Gasteiger partial charge in [-0.3, -0.25) is 0 Å². The van der Waals surface area contributed by atoms with E-state index in [0.29, 0.717) is 10.0 Å². The molecule has 0 unspecified atom stereocenters. The minimum absolute atomic E-state index is 0.600. The van der Waals surface area contributed by atoms with E-state index in [1.54, 1.807) is 0 Å². The van der Waals surface area contributed by atoms with Crippen LogP contribution >= 0.6 is 23.2 Å². The zero-order chi connectivity index (χ0) is 9.84. The highest BCUT2D eigenvalue weighted by molar-refractivity contribution is 6.42. The fourth-order valence-corrected chi connectivity index (χ4v) is 1.35. The van der Waals surface area contributed by atoms with Crippen molar-refractivity contribution in [1.29, 1.82) is 0 Å². The van der Waals surface area contributed by atoms with Crippen molar-refractivity contribution >= 4 is 23.2 Å². The molecule has 1 aromatic rings. The molecule has 1 aromatic carbocycles. The average Bonchev–Trinajstić information content (AvgIpc) is 2.11. The van der Waals surface area contributed by atoms with E-state index in [1.807, 2.05) is 25.2 Å². The van der Waals surface area contributed by atoms with Gasteiger partial charge in [-0.2, -0.15) is 0 Å². The van der Waals surface area contributed by atoms with Crippen molar-refractivity contribution < 1.29 is 0 Å². The average molecular weight is 217 g/mol. The highest BCUT2D eigenvalue weighted by atomic mass is 35.5. The first-order chi connectivity index (χ1) is 6.13. The summed E-state index contributed by atoms with van der Waals surface area (Å²) in [6, 6.07) is 5.67. The lowest BCUT2D eigenvalue weighted by atomic mass is 10.2. The van der Waals surface area contributed by atoms with Crippen LogP contribution in [0, 0.1) is 6.92 Å². The molecule has 0 aliphatic carbocycles. The van der Waals surface area contributed by atoms with Crippen LogP contribution in [-0.4, -0.2) is 18.5 Å². The maximum Gasteiger partial charge on any atom is 0.0595 e. The van der Waals surface area contributed by atoms with Crippen molar-refractivity contribution in [1.82, 2.24) is 4.90 Å². The second-order valence-corrected chi connectivity index (χ2v) is 3.80. The van der Waals surface area contributed by atoms with Crippen molar-refractivity contribution in [2.45, 2.75) is 6.54 Å². The Kier molecular flexibility index (Phi) is 4.04. The van der Waals surface area contributed by atoms with Crippen LogP contribution in [0.4, 0.5) is 0 Å². The largest absolute Gasteiger partial charge is 0.302 e. The molecule has 0 heterocycles. The quantitative estimate of drug-likeness (QED) is 0.751. The maximum atomic E-state index is 5.87. The standard InChI is InChI=1S/C10H12Cl2N/c1-3-13(2)7-8-4-5-9(11)10(12)6-8/h4-6H,1,3,7H2,2H3. The molecule has 71 valence electrons. The maximum absolute atomic E-state index is 5.87. The second kappa shape index (κ2) is 4.85. The minimum Gasteiger partial charge on any atom is -0.302 e. The molecule has 1 nitrogen and oxygen atoms in total. The lowest BCUT2D eigenvalue weighted by Crippen LogP contribution is -2.16. The number of rotatable bonds is 3. The summed E-state index contributed by atoms with van der Waals surface area (Å²) in [5, 5.41) is 1.21. The van der Waals surface area contributed by atoms with Gasteiger partial charge in [0.1, 0.15) is 0 Å². The van der Waals surface area contributed by atoms with Gasteiger partial charge in [-0.25, -0.2) is 0 Å². The molecule has 0 amide bonds. The molecule has 1 rings (SSSR count). The van der Waals surface area contributed by atoms with E-state index in [2.05, 4.69) is 11.8 Å². The zero-order valence-corrected chi connectivity index (χ0v) is 9.07. The van der Waals surface area contributed by atoms with Crippen LogP contribution in [0.5, 0.6) is 0 Å². The number of halogens is 2. The molecule has 0 bridgehead atoms. The number of hydrogen-bond acceptors (Lipinski definition) is 1. The summed E-state index contributed by atoms with van der Waals surface area (Å²) in [5.41, 5.74) is 1.15. The van der Waals surface area contributed by atoms with Crippen molar-refractivity contribution in [3.8, 4) is 0 Å². The Morgan fingerprint density at radius 2 is 2.00 bits per heavy atom. The monoisotopic (exact) mass is 216 g/mol. The van der Waals surface area contributed by atoms with E-state index in [1.165, 1.54) is 0 Å². The van der Waals surface area contributed by atoms with E-state index >= 15 is 0 Å². The normalized spacial score (nSPS) is 10.8. The van der Waals surface area contributed by atoms with Crippen molar-refractivity contribution in [3.63, 3.8) is 0 Å². The summed E-state index contributed by atoms with van der Waals surface area (Å²) in [7, 11) is 2.01. The van der Waals surface area contributed by atoms with Gasteiger partial charge in [-0.1, -0.05) is 29.3 Å². The van der Waals surface area contributed by atoms with Gasteiger partial charge in [0.05, 0.1) is 10.0 Å². The Hall–Kier alpha value is -0.240. The molecule has 0 saturated heterocycles. The van der Waals surface area contributed by atoms with Gasteiger partial charge in [0.25, 0.3) is 0 Å². The zero-order valence-electron chi connectivity index (χ0n) is 7.56. The van der Waals surface area contributed by atoms with Crippen LogP contribution in [0.15, 0.2) is 18.2 Å². The van der Waals surface area contributed by atoms with Crippen molar-refractivity contribution in [2.24, 2.45) is 0 Å². The third-order valence-corrected chi connectivity index (χ3v) is 2.56. The Labute approximate surface area is 89.3 Å². The molecule has 0 aromatic heterocycles. The Bertz CT molecular complexity index is 286. The molecular weight excluding hydrogens is 205 g/mol. The topological polar surface area (TPSA) is 3.24 Å². The summed E-state index contributed by atoms with van der Waals surface area (Å²) >= 11 is 11.7. The van der Waals surface area contributed by atoms with Gasteiger partial charge in [-0.05, 0) is 38.2 Å². The van der Waals surface area contributed by atoms with E-state index < -0.39 is 0 Å². The molecule has 0 N–H and O–H groups in total. The van der Waals surface area contributed by atoms with E-state index in [4.69, 9.17) is 23.2 Å². The second-order valence-electron chi connectivity index (χ2n) is 2.99. The smallest absolute Gasteiger partial charge is 0.0595 e. The molecule has 3 heteroatoms. The minimum atomic E-state index is 0.600. The molecular formula is C10H12Cl2N. The summed E-state index contributed by atoms with van der Waals surface area (Å²) in [6.07, 6.45) is 0. The van der Waals surface area contributed by atoms with Crippen molar-refractivity contribution in [2.75, 3.05) is 13.6 Å². The molecule has 13 heavy (non-hydrogen) atoms. The summed E-state index contributed by atoms with van der Waals surface area (Å²) in [5.74, 6) is 0. The van der Waals surface area contributed by atoms with Crippen molar-refractivity contribution in [3.05, 3.63) is 40.7 Å². The first-order valence-corrected chi connectivity index (χ1v) is 4.81. The Morgan fingerprint density at radius 1 is 1.31 bits per heavy atom. The van der Waals surface area contributed by atoms with Gasteiger partial charge in [-0.15, -0.1) is 0 Å². The molecule has 1 radical (unpaired) electrons. The molecule has 0 fully saturated rings. The number of benzene rings is 1. The van der Waals surface area contributed by atoms with E-state index in [-0.39, 0.29) is 0 Å². The summed E-state index contributed by atoms with van der Waals surface area (Å²) in [4.78, 5) is 2.10. The molecule has 0 aliphatic heterocycles. The van der Waals surface area contributed by atoms with E-state index in [9.17, 15) is 0 Å². The summed E-state index contributed by atoms with van der Waals surface area (Å²) < 4.78 is 0. The Balaban J connectivity index is 2.73. The van der Waals surface area contributed by atoms with Gasteiger partial charge in [0.2, 0.25) is 0 Å². The fourth-order valence-electron chi connectivity index (χ4n) is 1.03. The van der Waals surface area contributed by atoms with Crippen LogP contribution in [0.1, 0.15) is 5.56 Å². The molecule has 0 spiro atoms. The predicted molar refractivity (Wildman–Crippen MR) is 58.2 cm³/mol. The third-order valence-electron chi connectivity index (χ3n) is 1.82. The van der Waals surface area contributed by atoms with Crippen LogP contribution in [0.3, 0.4) is 0 Å².